The van der Waals surface area contributed by atoms with Crippen LogP contribution in [0.2, 0.25) is 0 Å². The number of aromatic nitrogens is 5. The molecule has 2 N–H and O–H groups in total. The second kappa shape index (κ2) is 13.5. The van der Waals surface area contributed by atoms with Crippen molar-refractivity contribution in [2.24, 2.45) is 10.8 Å². The Morgan fingerprint density at radius 1 is 1.06 bits per heavy atom. The van der Waals surface area contributed by atoms with Crippen molar-refractivity contribution in [2.45, 2.75) is 85.0 Å². The quantitative estimate of drug-likeness (QED) is 0.216. The van der Waals surface area contributed by atoms with Gasteiger partial charge in [0, 0.05) is 65.9 Å². The number of amides is 3. The second-order valence-electron chi connectivity index (χ2n) is 14.6. The van der Waals surface area contributed by atoms with E-state index in [1.807, 2.05) is 45.0 Å². The van der Waals surface area contributed by atoms with Gasteiger partial charge in [-0.2, -0.15) is 5.10 Å². The van der Waals surface area contributed by atoms with Crippen molar-refractivity contribution in [2.75, 3.05) is 18.5 Å². The van der Waals surface area contributed by atoms with E-state index in [0.717, 1.165) is 29.5 Å². The third kappa shape index (κ3) is 6.90. The van der Waals surface area contributed by atoms with E-state index in [9.17, 15) is 19.2 Å². The molecule has 2 aliphatic heterocycles. The Morgan fingerprint density at radius 3 is 2.61 bits per heavy atom. The van der Waals surface area contributed by atoms with Gasteiger partial charge in [0.2, 0.25) is 17.7 Å². The zero-order chi connectivity index (χ0) is 36.1. The molecule has 7 rings (SSSR count). The van der Waals surface area contributed by atoms with Crippen LogP contribution < -0.4 is 10.6 Å². The maximum absolute atomic E-state index is 14.4. The molecular formula is C37H41BrN8O5. The highest BCUT2D eigenvalue weighted by molar-refractivity contribution is 9.10. The van der Waals surface area contributed by atoms with Crippen molar-refractivity contribution in [1.29, 1.82) is 0 Å². The fourth-order valence-corrected chi connectivity index (χ4v) is 7.72. The zero-order valence-corrected chi connectivity index (χ0v) is 30.7. The molecule has 266 valence electrons. The number of nitrogens with zero attached hydrogens (tertiary/aromatic N) is 6. The van der Waals surface area contributed by atoms with Gasteiger partial charge >= 0.3 is 0 Å². The maximum Gasteiger partial charge on any atom is 0.248 e. The largest absolute Gasteiger partial charge is 0.377 e. The predicted octanol–water partition coefficient (Wildman–Crippen LogP) is 5.00. The number of anilines is 1. The highest BCUT2D eigenvalue weighted by atomic mass is 79.9. The Bertz CT molecular complexity index is 2050. The Hall–Kier alpha value is -4.56. The molecule has 1 aliphatic carbocycles. The lowest BCUT2D eigenvalue weighted by Crippen LogP contribution is -2.47. The Kier molecular flexibility index (Phi) is 9.25. The molecule has 1 aromatic carbocycles. The van der Waals surface area contributed by atoms with Gasteiger partial charge in [-0.25, -0.2) is 15.0 Å². The smallest absolute Gasteiger partial charge is 0.248 e. The first-order valence-corrected chi connectivity index (χ1v) is 18.1. The molecule has 2 bridgehead atoms. The number of halogens is 1. The molecule has 3 atom stereocenters. The van der Waals surface area contributed by atoms with Crippen molar-refractivity contribution in [1.82, 2.24) is 34.9 Å². The summed E-state index contributed by atoms with van der Waals surface area (Å²) in [6, 6.07) is 8.18. The van der Waals surface area contributed by atoms with Crippen molar-refractivity contribution in [3.63, 3.8) is 0 Å². The molecule has 1 saturated heterocycles. The van der Waals surface area contributed by atoms with Gasteiger partial charge in [0.25, 0.3) is 0 Å². The minimum absolute atomic E-state index is 0.0451. The number of hydrogen-bond donors (Lipinski definition) is 2. The summed E-state index contributed by atoms with van der Waals surface area (Å²) in [5.74, 6) is 0.0743. The first kappa shape index (κ1) is 34.9. The van der Waals surface area contributed by atoms with Crippen LogP contribution in [-0.4, -0.2) is 78.4 Å². The molecule has 51 heavy (non-hydrogen) atoms. The summed E-state index contributed by atoms with van der Waals surface area (Å²) in [5, 5.41) is 11.4. The summed E-state index contributed by atoms with van der Waals surface area (Å²) in [4.78, 5) is 69.4. The normalized spacial score (nSPS) is 23.5. The number of hydrogen-bond acceptors (Lipinski definition) is 9. The Morgan fingerprint density at radius 2 is 1.84 bits per heavy atom. The molecular weight excluding hydrogens is 716 g/mol. The highest BCUT2D eigenvalue weighted by Gasteiger charge is 2.67. The number of pyridine rings is 1. The number of aryl methyl sites for hydroxylation is 1. The van der Waals surface area contributed by atoms with E-state index in [1.54, 1.807) is 23.4 Å². The zero-order valence-electron chi connectivity index (χ0n) is 29.2. The topological polar surface area (TPSA) is 161 Å². The summed E-state index contributed by atoms with van der Waals surface area (Å²) in [5.41, 5.74) is 2.18. The van der Waals surface area contributed by atoms with Gasteiger partial charge < -0.3 is 20.3 Å². The minimum Gasteiger partial charge on any atom is -0.377 e. The van der Waals surface area contributed by atoms with Gasteiger partial charge in [-0.1, -0.05) is 32.4 Å². The van der Waals surface area contributed by atoms with Crippen LogP contribution in [0.1, 0.15) is 74.8 Å². The monoisotopic (exact) mass is 756 g/mol. The number of carbonyl (C=O) groups excluding carboxylic acids is 4. The van der Waals surface area contributed by atoms with E-state index in [4.69, 9.17) is 4.74 Å². The van der Waals surface area contributed by atoms with Crippen LogP contribution in [-0.2, 0) is 32.3 Å². The lowest BCUT2D eigenvalue weighted by atomic mass is 9.86. The number of likely N-dealkylation sites (tertiary alicyclic amines) is 1. The van der Waals surface area contributed by atoms with Crippen LogP contribution in [0, 0.1) is 17.8 Å². The number of rotatable bonds is 4. The van der Waals surface area contributed by atoms with E-state index in [2.05, 4.69) is 46.6 Å². The third-order valence-corrected chi connectivity index (χ3v) is 10.9. The molecule has 3 aromatic heterocycles. The molecule has 3 amide bonds. The van der Waals surface area contributed by atoms with E-state index < -0.39 is 16.9 Å². The Labute approximate surface area is 304 Å². The number of fused-ring (bicyclic) bond motifs is 3. The standard InChI is InChI=1S/C37H41BrN8O5/c1-21(47)32-26-13-23(25-16-39-22(2)40-17-25)7-9-27(26)45(44-32)18-31(48)46-28-14-37(15-29(37)46)20-41-35(50)36(3,4)11-5-6-12-51-19-24-8-10-30(38)42-33(24)43-34(28)49/h7-10,13,16-17,28-29H,5-6,11-12,14-15,18-20H2,1-4H3,(H,41,50)(H,42,43,49)/t28-,29+,37-/m0/s1. The van der Waals surface area contributed by atoms with E-state index in [1.165, 1.54) is 11.6 Å². The number of Topliss-reactive ketones (excluding diaryl/α,β-unsaturated/α-hetero) is 1. The van der Waals surface area contributed by atoms with Crippen LogP contribution in [0.15, 0.2) is 47.3 Å². The molecule has 1 spiro atoms. The molecule has 0 unspecified atom stereocenters. The summed E-state index contributed by atoms with van der Waals surface area (Å²) in [7, 11) is 0. The molecule has 2 fully saturated rings. The van der Waals surface area contributed by atoms with Crippen LogP contribution in [0.3, 0.4) is 0 Å². The molecule has 0 radical (unpaired) electrons. The van der Waals surface area contributed by atoms with E-state index >= 15 is 0 Å². The fraction of sp³-hybridized carbons (Fsp3) is 0.459. The van der Waals surface area contributed by atoms with Crippen LogP contribution in [0.4, 0.5) is 5.82 Å². The second-order valence-corrected chi connectivity index (χ2v) is 15.4. The van der Waals surface area contributed by atoms with Gasteiger partial charge in [-0.05, 0) is 72.3 Å². The van der Waals surface area contributed by atoms with Gasteiger partial charge in [0.1, 0.15) is 34.5 Å². The molecule has 5 heterocycles. The van der Waals surface area contributed by atoms with Crippen LogP contribution in [0.25, 0.3) is 22.0 Å². The SMILES string of the molecule is CC(=O)c1nn(CC(=O)N2[C@H]3C[C@@]4(CNC(=O)C(C)(C)CCCCOCc5ccc(Br)nc5NC3=O)C[C@@H]24)c2ccc(-c3cnc(C)nc3)cc12. The predicted molar refractivity (Wildman–Crippen MR) is 192 cm³/mol. The Balaban J connectivity index is 1.20. The van der Waals surface area contributed by atoms with Crippen molar-refractivity contribution in [3.05, 3.63) is 64.4 Å². The van der Waals surface area contributed by atoms with E-state index in [0.29, 0.717) is 59.6 Å². The molecule has 4 aromatic rings. The summed E-state index contributed by atoms with van der Waals surface area (Å²) < 4.78 is 8.04. The number of ketones is 1. The molecule has 1 saturated carbocycles. The highest BCUT2D eigenvalue weighted by Crippen LogP contribution is 2.59. The summed E-state index contributed by atoms with van der Waals surface area (Å²) in [6.45, 7) is 8.09. The number of piperidine rings is 1. The van der Waals surface area contributed by atoms with Gasteiger partial charge in [-0.3, -0.25) is 23.9 Å². The number of ether oxygens (including phenoxy) is 1. The van der Waals surface area contributed by atoms with E-state index in [-0.39, 0.29) is 48.4 Å². The van der Waals surface area contributed by atoms with Crippen LogP contribution in [0.5, 0.6) is 0 Å². The average molecular weight is 758 g/mol. The lowest BCUT2D eigenvalue weighted by Gasteiger charge is -2.27. The molecule has 3 aliphatic rings. The number of carbonyl (C=O) groups is 4. The lowest BCUT2D eigenvalue weighted by molar-refractivity contribution is -0.138. The number of nitrogens with one attached hydrogen (secondary N) is 2. The van der Waals surface area contributed by atoms with Gasteiger partial charge in [-0.15, -0.1) is 0 Å². The van der Waals surface area contributed by atoms with Crippen molar-refractivity contribution in [3.8, 4) is 11.1 Å². The fourth-order valence-electron chi connectivity index (χ4n) is 7.41. The molecule has 14 heteroatoms. The van der Waals surface area contributed by atoms with Gasteiger partial charge in [0.15, 0.2) is 5.78 Å². The summed E-state index contributed by atoms with van der Waals surface area (Å²) in [6.07, 6.45) is 6.84. The van der Waals surface area contributed by atoms with Crippen molar-refractivity contribution < 1.29 is 23.9 Å². The number of benzene rings is 1. The third-order valence-electron chi connectivity index (χ3n) is 10.5. The minimum atomic E-state index is -0.811. The van der Waals surface area contributed by atoms with Crippen molar-refractivity contribution >= 4 is 56.2 Å². The molecule has 13 nitrogen and oxygen atoms in total. The summed E-state index contributed by atoms with van der Waals surface area (Å²) >= 11 is 3.42. The first-order valence-electron chi connectivity index (χ1n) is 17.3. The average Bonchev–Trinajstić information content (AvgIpc) is 3.51. The van der Waals surface area contributed by atoms with Crippen LogP contribution >= 0.6 is 15.9 Å². The van der Waals surface area contributed by atoms with Gasteiger partial charge in [0.05, 0.1) is 12.1 Å². The maximum atomic E-state index is 14.4. The first-order chi connectivity index (χ1) is 24.3.